The first-order valence-corrected chi connectivity index (χ1v) is 8.25. The highest BCUT2D eigenvalue weighted by molar-refractivity contribution is 5.76. The molecular weight excluding hydrogens is 352 g/mol. The monoisotopic (exact) mass is 368 g/mol. The van der Waals surface area contributed by atoms with E-state index in [0.29, 0.717) is 23.1 Å². The van der Waals surface area contributed by atoms with Crippen molar-refractivity contribution >= 4 is 5.97 Å². The molecule has 2 heterocycles. The number of rotatable bonds is 5. The third kappa shape index (κ3) is 3.69. The van der Waals surface area contributed by atoms with Crippen LogP contribution in [0.5, 0.6) is 17.2 Å². The Kier molecular flexibility index (Phi) is 4.61. The molecule has 1 atom stereocenters. The molecule has 4 rings (SSSR count). The normalized spacial score (nSPS) is 15.2. The third-order valence-electron chi connectivity index (χ3n) is 3.91. The highest BCUT2D eigenvalue weighted by Crippen LogP contribution is 2.31. The van der Waals surface area contributed by atoms with Crippen LogP contribution in [0.3, 0.4) is 0 Å². The average molecular weight is 368 g/mol. The summed E-state index contributed by atoms with van der Waals surface area (Å²) in [5, 5.41) is 3.89. The summed E-state index contributed by atoms with van der Waals surface area (Å²) >= 11 is 0. The number of benzene rings is 2. The first kappa shape index (κ1) is 16.9. The Morgan fingerprint density at radius 3 is 2.89 bits per heavy atom. The second-order valence-electron chi connectivity index (χ2n) is 5.72. The highest BCUT2D eigenvalue weighted by atomic mass is 16.6. The molecule has 8 nitrogen and oxygen atoms in total. The lowest BCUT2D eigenvalue weighted by Gasteiger charge is -2.24. The van der Waals surface area contributed by atoms with Crippen LogP contribution >= 0.6 is 0 Å². The van der Waals surface area contributed by atoms with Gasteiger partial charge in [0.05, 0.1) is 7.11 Å². The number of carbonyl (C=O) groups is 1. The number of esters is 1. The minimum absolute atomic E-state index is 0.0781. The molecule has 1 aromatic heterocycles. The van der Waals surface area contributed by atoms with Crippen molar-refractivity contribution in [1.82, 2.24) is 10.1 Å². The van der Waals surface area contributed by atoms with Crippen LogP contribution in [-0.4, -0.2) is 35.9 Å². The molecule has 3 aromatic rings. The van der Waals surface area contributed by atoms with Crippen molar-refractivity contribution in [3.8, 4) is 28.6 Å². The summed E-state index contributed by atoms with van der Waals surface area (Å²) in [4.78, 5) is 16.4. The van der Waals surface area contributed by atoms with E-state index in [4.69, 9.17) is 23.5 Å². The van der Waals surface area contributed by atoms with Crippen LogP contribution in [-0.2, 0) is 16.1 Å². The van der Waals surface area contributed by atoms with Gasteiger partial charge >= 0.3 is 5.97 Å². The zero-order valence-electron chi connectivity index (χ0n) is 14.5. The lowest BCUT2D eigenvalue weighted by atomic mass is 10.2. The van der Waals surface area contributed by atoms with Gasteiger partial charge in [-0.1, -0.05) is 29.4 Å². The molecule has 0 bridgehead atoms. The van der Waals surface area contributed by atoms with Crippen molar-refractivity contribution in [1.29, 1.82) is 0 Å². The molecule has 138 valence electrons. The summed E-state index contributed by atoms with van der Waals surface area (Å²) in [6, 6.07) is 14.4. The van der Waals surface area contributed by atoms with E-state index in [1.54, 1.807) is 31.4 Å². The fourth-order valence-electron chi connectivity index (χ4n) is 2.55. The second kappa shape index (κ2) is 7.36. The second-order valence-corrected chi connectivity index (χ2v) is 5.72. The summed E-state index contributed by atoms with van der Waals surface area (Å²) in [5.74, 6) is 1.78. The molecule has 0 amide bonds. The Bertz CT molecular complexity index is 955. The topological polar surface area (TPSA) is 92.9 Å². The van der Waals surface area contributed by atoms with Crippen LogP contribution in [0.25, 0.3) is 11.4 Å². The summed E-state index contributed by atoms with van der Waals surface area (Å²) in [7, 11) is 1.58. The molecule has 8 heteroatoms. The molecule has 0 saturated heterocycles. The fourth-order valence-corrected chi connectivity index (χ4v) is 2.55. The number of carbonyl (C=O) groups excluding carboxylic acids is 1. The molecule has 0 unspecified atom stereocenters. The van der Waals surface area contributed by atoms with Gasteiger partial charge in [-0.25, -0.2) is 4.79 Å². The van der Waals surface area contributed by atoms with Crippen LogP contribution in [0.1, 0.15) is 5.89 Å². The van der Waals surface area contributed by atoms with E-state index in [0.717, 1.165) is 5.56 Å². The molecular formula is C19H16N2O6. The van der Waals surface area contributed by atoms with Crippen molar-refractivity contribution in [2.24, 2.45) is 0 Å². The van der Waals surface area contributed by atoms with Gasteiger partial charge in [-0.15, -0.1) is 0 Å². The first-order chi connectivity index (χ1) is 13.2. The zero-order chi connectivity index (χ0) is 18.6. The molecule has 1 aliphatic heterocycles. The van der Waals surface area contributed by atoms with E-state index < -0.39 is 12.1 Å². The minimum Gasteiger partial charge on any atom is -0.497 e. The van der Waals surface area contributed by atoms with Gasteiger partial charge in [-0.3, -0.25) is 0 Å². The maximum Gasteiger partial charge on any atom is 0.351 e. The molecule has 2 aromatic carbocycles. The van der Waals surface area contributed by atoms with Crippen molar-refractivity contribution in [2.75, 3.05) is 13.7 Å². The van der Waals surface area contributed by atoms with Crippen molar-refractivity contribution in [3.05, 3.63) is 54.4 Å². The molecule has 0 saturated carbocycles. The Morgan fingerprint density at radius 2 is 2.04 bits per heavy atom. The Hall–Kier alpha value is -3.55. The van der Waals surface area contributed by atoms with E-state index >= 15 is 0 Å². The Balaban J connectivity index is 1.37. The maximum atomic E-state index is 12.2. The summed E-state index contributed by atoms with van der Waals surface area (Å²) in [6.45, 7) is -0.0773. The number of hydrogen-bond acceptors (Lipinski definition) is 8. The van der Waals surface area contributed by atoms with Crippen LogP contribution in [0.4, 0.5) is 0 Å². The van der Waals surface area contributed by atoms with Gasteiger partial charge in [0.25, 0.3) is 5.89 Å². The van der Waals surface area contributed by atoms with E-state index in [9.17, 15) is 4.79 Å². The molecule has 0 aliphatic carbocycles. The third-order valence-corrected chi connectivity index (χ3v) is 3.91. The highest BCUT2D eigenvalue weighted by Gasteiger charge is 2.29. The molecule has 0 N–H and O–H groups in total. The van der Waals surface area contributed by atoms with E-state index in [1.165, 1.54) is 0 Å². The standard InChI is InChI=1S/C19H16N2O6/c1-23-13-6-4-5-12(9-13)18-20-17(27-21-18)11-25-19(22)16-10-24-14-7-2-3-8-15(14)26-16/h2-9,16H,10-11H2,1H3/t16-/m0/s1. The van der Waals surface area contributed by atoms with Crippen LogP contribution < -0.4 is 14.2 Å². The summed E-state index contributed by atoms with van der Waals surface area (Å²) in [5.41, 5.74) is 0.733. The fraction of sp³-hybridized carbons (Fsp3) is 0.211. The maximum absolute atomic E-state index is 12.2. The van der Waals surface area contributed by atoms with Crippen molar-refractivity contribution in [3.63, 3.8) is 0 Å². The van der Waals surface area contributed by atoms with Crippen molar-refractivity contribution < 1.29 is 28.3 Å². The quantitative estimate of drug-likeness (QED) is 0.635. The largest absolute Gasteiger partial charge is 0.497 e. The predicted octanol–water partition coefficient (Wildman–Crippen LogP) is 2.63. The molecule has 0 spiro atoms. The van der Waals surface area contributed by atoms with Crippen LogP contribution in [0.2, 0.25) is 0 Å². The number of aromatic nitrogens is 2. The molecule has 0 radical (unpaired) electrons. The number of methoxy groups -OCH3 is 1. The van der Waals surface area contributed by atoms with Gasteiger partial charge in [0.1, 0.15) is 12.4 Å². The van der Waals surface area contributed by atoms with Gasteiger partial charge in [0, 0.05) is 5.56 Å². The molecule has 0 fully saturated rings. The van der Waals surface area contributed by atoms with E-state index in [1.807, 2.05) is 24.3 Å². The predicted molar refractivity (Wildman–Crippen MR) is 92.4 cm³/mol. The summed E-state index contributed by atoms with van der Waals surface area (Å²) < 4.78 is 26.6. The zero-order valence-corrected chi connectivity index (χ0v) is 14.5. The number of hydrogen-bond donors (Lipinski definition) is 0. The Morgan fingerprint density at radius 1 is 1.19 bits per heavy atom. The van der Waals surface area contributed by atoms with Gasteiger partial charge in [0.2, 0.25) is 11.9 Å². The minimum atomic E-state index is -0.847. The van der Waals surface area contributed by atoms with E-state index in [2.05, 4.69) is 10.1 Å². The van der Waals surface area contributed by atoms with Crippen LogP contribution in [0.15, 0.2) is 53.1 Å². The number of nitrogens with zero attached hydrogens (tertiary/aromatic N) is 2. The molecule has 1 aliphatic rings. The van der Waals surface area contributed by atoms with Crippen LogP contribution in [0, 0.1) is 0 Å². The number of fused-ring (bicyclic) bond motifs is 1. The lowest BCUT2D eigenvalue weighted by molar-refractivity contribution is -0.156. The number of ether oxygens (including phenoxy) is 4. The summed E-state index contributed by atoms with van der Waals surface area (Å²) in [6.07, 6.45) is -0.847. The smallest absolute Gasteiger partial charge is 0.351 e. The Labute approximate surface area is 154 Å². The first-order valence-electron chi connectivity index (χ1n) is 8.25. The van der Waals surface area contributed by atoms with Gasteiger partial charge in [0.15, 0.2) is 18.1 Å². The van der Waals surface area contributed by atoms with Gasteiger partial charge in [-0.2, -0.15) is 4.98 Å². The van der Waals surface area contributed by atoms with E-state index in [-0.39, 0.29) is 19.1 Å². The van der Waals surface area contributed by atoms with Gasteiger partial charge < -0.3 is 23.5 Å². The SMILES string of the molecule is COc1cccc(-c2noc(COC(=O)[C@@H]3COc4ccccc4O3)n2)c1. The number of para-hydroxylation sites is 2. The lowest BCUT2D eigenvalue weighted by Crippen LogP contribution is -2.37. The molecule has 27 heavy (non-hydrogen) atoms. The van der Waals surface area contributed by atoms with Crippen molar-refractivity contribution in [2.45, 2.75) is 12.7 Å². The average Bonchev–Trinajstić information content (AvgIpc) is 3.21. The van der Waals surface area contributed by atoms with Gasteiger partial charge in [-0.05, 0) is 24.3 Å².